The highest BCUT2D eigenvalue weighted by molar-refractivity contribution is 6.20. The van der Waals surface area contributed by atoms with Crippen LogP contribution in [0.3, 0.4) is 0 Å². The lowest BCUT2D eigenvalue weighted by Crippen LogP contribution is -2.51. The number of nitrogens with one attached hydrogen (secondary N) is 3. The van der Waals surface area contributed by atoms with E-state index in [4.69, 9.17) is 0 Å². The molecule has 0 fully saturated rings. The fraction of sp³-hybridized carbons (Fsp3) is 0.233. The molecule has 1 aromatic heterocycles. The highest BCUT2D eigenvalue weighted by Crippen LogP contribution is 2.30. The van der Waals surface area contributed by atoms with Crippen LogP contribution in [-0.2, 0) is 9.59 Å². The van der Waals surface area contributed by atoms with Gasteiger partial charge in [-0.2, -0.15) is 0 Å². The number of ketones is 1. The molecule has 1 aliphatic heterocycles. The van der Waals surface area contributed by atoms with E-state index < -0.39 is 23.5 Å². The van der Waals surface area contributed by atoms with Gasteiger partial charge in [-0.15, -0.1) is 6.58 Å². The minimum absolute atomic E-state index is 0.157. The summed E-state index contributed by atoms with van der Waals surface area (Å²) in [5.41, 5.74) is 2.18. The molecule has 0 aliphatic carbocycles. The van der Waals surface area contributed by atoms with E-state index in [1.807, 2.05) is 6.07 Å². The lowest BCUT2D eigenvalue weighted by atomic mass is 9.82. The van der Waals surface area contributed by atoms with Gasteiger partial charge in [0.25, 0.3) is 5.91 Å². The van der Waals surface area contributed by atoms with Gasteiger partial charge in [0.15, 0.2) is 5.78 Å². The van der Waals surface area contributed by atoms with E-state index in [-0.39, 0.29) is 25.4 Å². The van der Waals surface area contributed by atoms with Gasteiger partial charge >= 0.3 is 6.03 Å². The number of hydrogen-bond donors (Lipinski definition) is 4. The van der Waals surface area contributed by atoms with Crippen molar-refractivity contribution in [2.75, 3.05) is 35.7 Å². The number of para-hydroxylation sites is 1. The lowest BCUT2D eigenvalue weighted by Gasteiger charge is -2.30. The quantitative estimate of drug-likeness (QED) is 0.290. The summed E-state index contributed by atoms with van der Waals surface area (Å²) in [5.74, 6) is -0.908. The number of benzene rings is 2. The van der Waals surface area contributed by atoms with Crippen molar-refractivity contribution in [3.63, 3.8) is 0 Å². The average Bonchev–Trinajstić information content (AvgIpc) is 3.08. The molecule has 4 N–H and O–H groups in total. The highest BCUT2D eigenvalue weighted by Gasteiger charge is 2.37. The number of pyridine rings is 1. The first-order valence-electron chi connectivity index (χ1n) is 12.8. The summed E-state index contributed by atoms with van der Waals surface area (Å²) in [6.45, 7) is 4.91. The second-order valence-electron chi connectivity index (χ2n) is 9.48. The smallest absolute Gasteiger partial charge is 0.321 e. The summed E-state index contributed by atoms with van der Waals surface area (Å²) in [4.78, 5) is 51.0. The van der Waals surface area contributed by atoms with Gasteiger partial charge in [0.2, 0.25) is 6.17 Å². The number of fused-ring (bicyclic) bond motifs is 1. The number of anilines is 3. The van der Waals surface area contributed by atoms with Crippen molar-refractivity contribution in [3.8, 4) is 0 Å². The van der Waals surface area contributed by atoms with Crippen molar-refractivity contribution in [2.24, 2.45) is 10.4 Å². The van der Waals surface area contributed by atoms with Crippen LogP contribution < -0.4 is 20.9 Å². The Morgan fingerprint density at radius 3 is 2.55 bits per heavy atom. The molecule has 0 radical (unpaired) electrons. The monoisotopic (exact) mass is 540 g/mol. The molecule has 4 rings (SSSR count). The zero-order chi connectivity index (χ0) is 28.7. The van der Waals surface area contributed by atoms with Gasteiger partial charge in [-0.25, -0.2) is 9.79 Å². The average molecular weight is 541 g/mol. The van der Waals surface area contributed by atoms with E-state index in [0.29, 0.717) is 28.3 Å². The number of allylic oxidation sites excluding steroid dienone is 1. The van der Waals surface area contributed by atoms with E-state index in [2.05, 4.69) is 32.5 Å². The maximum absolute atomic E-state index is 14.0. The maximum atomic E-state index is 14.0. The van der Waals surface area contributed by atoms with Gasteiger partial charge in [0.05, 0.1) is 23.6 Å². The number of nitrogens with zero attached hydrogens (tertiary/aromatic N) is 3. The van der Waals surface area contributed by atoms with Crippen LogP contribution in [0.15, 0.2) is 90.6 Å². The fourth-order valence-corrected chi connectivity index (χ4v) is 4.35. The first-order chi connectivity index (χ1) is 19.3. The molecule has 206 valence electrons. The standard InChI is InChI=1S/C30H32N6O4/c1-4-30(2,15-17-37)25(38)19-36-24-14-6-5-12-22(24)26(23-13-7-8-16-32-23)34-27(28(36)39)35-29(40)33-21-11-9-10-20(18-21)31-3/h4-14,16,18,27,31,37H,1,15,17,19H2,2-3H3,(H2,33,35,40)/t27-,30+/m0/s1. The van der Waals surface area contributed by atoms with Gasteiger partial charge in [-0.3, -0.25) is 14.6 Å². The third-order valence-electron chi connectivity index (χ3n) is 6.81. The van der Waals surface area contributed by atoms with Crippen LogP contribution in [0.4, 0.5) is 21.9 Å². The zero-order valence-electron chi connectivity index (χ0n) is 22.4. The molecule has 1 aliphatic rings. The Balaban J connectivity index is 1.74. The number of urea groups is 1. The van der Waals surface area contributed by atoms with Crippen LogP contribution in [0, 0.1) is 5.41 Å². The Bertz CT molecular complexity index is 1440. The molecule has 40 heavy (non-hydrogen) atoms. The first kappa shape index (κ1) is 28.2. The molecule has 2 heterocycles. The predicted molar refractivity (Wildman–Crippen MR) is 156 cm³/mol. The molecule has 3 amide bonds. The maximum Gasteiger partial charge on any atom is 0.321 e. The molecule has 0 saturated carbocycles. The lowest BCUT2D eigenvalue weighted by molar-refractivity contribution is -0.127. The number of aliphatic imine (C=N–C) groups is 1. The highest BCUT2D eigenvalue weighted by atomic mass is 16.3. The number of aliphatic hydroxyl groups is 1. The predicted octanol–water partition coefficient (Wildman–Crippen LogP) is 3.60. The molecule has 0 unspecified atom stereocenters. The second-order valence-corrected chi connectivity index (χ2v) is 9.48. The number of aromatic nitrogens is 1. The van der Waals surface area contributed by atoms with E-state index >= 15 is 0 Å². The summed E-state index contributed by atoms with van der Waals surface area (Å²) in [7, 11) is 1.77. The number of carbonyl (C=O) groups excluding carboxylic acids is 3. The van der Waals surface area contributed by atoms with Crippen LogP contribution in [0.2, 0.25) is 0 Å². The van der Waals surface area contributed by atoms with Crippen molar-refractivity contribution in [1.29, 1.82) is 0 Å². The van der Waals surface area contributed by atoms with Crippen LogP contribution in [0.1, 0.15) is 24.6 Å². The van der Waals surface area contributed by atoms with Crippen LogP contribution in [-0.4, -0.2) is 59.9 Å². The number of amides is 3. The summed E-state index contributed by atoms with van der Waals surface area (Å²) in [5, 5.41) is 17.9. The number of aliphatic hydroxyl groups excluding tert-OH is 1. The van der Waals surface area contributed by atoms with Gasteiger partial charge in [-0.05, 0) is 49.7 Å². The van der Waals surface area contributed by atoms with Gasteiger partial charge < -0.3 is 26.0 Å². The topological polar surface area (TPSA) is 136 Å². The minimum atomic E-state index is -1.36. The molecule has 3 aromatic rings. The number of rotatable bonds is 10. The summed E-state index contributed by atoms with van der Waals surface area (Å²) in [6, 6.07) is 18.8. The number of Topliss-reactive ketones (excluding diaryl/α,β-unsaturated/α-hetero) is 1. The van der Waals surface area contributed by atoms with E-state index in [0.717, 1.165) is 5.69 Å². The van der Waals surface area contributed by atoms with E-state index in [1.165, 1.54) is 11.0 Å². The SMILES string of the molecule is C=C[C@](C)(CCO)C(=O)CN1C(=O)[C@H](NC(=O)Nc2cccc(NC)c2)N=C(c2ccccn2)c2ccccc21. The van der Waals surface area contributed by atoms with Crippen LogP contribution in [0.5, 0.6) is 0 Å². The molecule has 10 nitrogen and oxygen atoms in total. The molecule has 0 bridgehead atoms. The zero-order valence-corrected chi connectivity index (χ0v) is 22.4. The second kappa shape index (κ2) is 12.4. The first-order valence-corrected chi connectivity index (χ1v) is 12.8. The Morgan fingerprint density at radius 1 is 1.10 bits per heavy atom. The van der Waals surface area contributed by atoms with Crippen molar-refractivity contribution >= 4 is 40.5 Å². The van der Waals surface area contributed by atoms with Crippen LogP contribution >= 0.6 is 0 Å². The van der Waals surface area contributed by atoms with Crippen molar-refractivity contribution < 1.29 is 19.5 Å². The number of carbonyl (C=O) groups is 3. The third-order valence-corrected chi connectivity index (χ3v) is 6.81. The van der Waals surface area contributed by atoms with Crippen molar-refractivity contribution in [3.05, 3.63) is 96.8 Å². The largest absolute Gasteiger partial charge is 0.396 e. The fourth-order valence-electron chi connectivity index (χ4n) is 4.35. The summed E-state index contributed by atoms with van der Waals surface area (Å²) >= 11 is 0. The van der Waals surface area contributed by atoms with Gasteiger partial charge in [0.1, 0.15) is 0 Å². The third kappa shape index (κ3) is 6.08. The Kier molecular flexibility index (Phi) is 8.70. The molecule has 2 aromatic carbocycles. The van der Waals surface area contributed by atoms with Crippen molar-refractivity contribution in [1.82, 2.24) is 10.3 Å². The molecule has 2 atom stereocenters. The Hall–Kier alpha value is -4.83. The Morgan fingerprint density at radius 2 is 1.85 bits per heavy atom. The Labute approximate surface area is 232 Å². The molecule has 0 spiro atoms. The number of benzodiazepines with no additional fused rings is 1. The van der Waals surface area contributed by atoms with E-state index in [1.54, 1.807) is 80.8 Å². The van der Waals surface area contributed by atoms with Crippen molar-refractivity contribution in [2.45, 2.75) is 19.5 Å². The summed E-state index contributed by atoms with van der Waals surface area (Å²) < 4.78 is 0. The molecular weight excluding hydrogens is 508 g/mol. The summed E-state index contributed by atoms with van der Waals surface area (Å²) in [6.07, 6.45) is 1.89. The normalized spacial score (nSPS) is 16.1. The minimum Gasteiger partial charge on any atom is -0.396 e. The number of hydrogen-bond acceptors (Lipinski definition) is 7. The van der Waals surface area contributed by atoms with Crippen LogP contribution in [0.25, 0.3) is 0 Å². The molecular formula is C30H32N6O4. The van der Waals surface area contributed by atoms with Gasteiger partial charge in [-0.1, -0.05) is 36.4 Å². The molecule has 0 saturated heterocycles. The van der Waals surface area contributed by atoms with E-state index in [9.17, 15) is 19.5 Å². The van der Waals surface area contributed by atoms with Gasteiger partial charge in [0, 0.05) is 42.2 Å². The molecule has 10 heteroatoms.